The number of nitrogens with zero attached hydrogens (tertiary/aromatic N) is 1. The summed E-state index contributed by atoms with van der Waals surface area (Å²) in [6.45, 7) is 0. The lowest BCUT2D eigenvalue weighted by Gasteiger charge is -2.04. The van der Waals surface area contributed by atoms with Gasteiger partial charge in [-0.3, -0.25) is 4.21 Å². The highest BCUT2D eigenvalue weighted by molar-refractivity contribution is 7.83. The van der Waals surface area contributed by atoms with Gasteiger partial charge in [0.1, 0.15) is 5.82 Å². The van der Waals surface area contributed by atoms with Gasteiger partial charge in [-0.05, 0) is 12.1 Å². The zero-order chi connectivity index (χ0) is 16.2. The molecule has 0 saturated carbocycles. The molecule has 0 aliphatic rings. The van der Waals surface area contributed by atoms with Gasteiger partial charge in [0.05, 0.1) is 17.2 Å². The summed E-state index contributed by atoms with van der Waals surface area (Å²) in [5.41, 5.74) is 1.73. The van der Waals surface area contributed by atoms with Crippen LogP contribution in [0.2, 0.25) is 5.02 Å². The first-order valence-electron chi connectivity index (χ1n) is 6.92. The fraction of sp³-hybridized carbons (Fsp3) is 0.118. The minimum atomic E-state index is -1.33. The van der Waals surface area contributed by atoms with Gasteiger partial charge in [-0.1, -0.05) is 53.2 Å². The van der Waals surface area contributed by atoms with Crippen LogP contribution in [0.4, 0.5) is 4.39 Å². The van der Waals surface area contributed by atoms with Crippen molar-refractivity contribution < 1.29 is 13.1 Å². The first kappa shape index (κ1) is 15.9. The van der Waals surface area contributed by atoms with Crippen LogP contribution < -0.4 is 0 Å². The Labute approximate surface area is 140 Å². The van der Waals surface area contributed by atoms with Crippen LogP contribution in [0.1, 0.15) is 11.3 Å². The molecule has 3 aromatic rings. The number of benzene rings is 2. The summed E-state index contributed by atoms with van der Waals surface area (Å²) in [7, 11) is -1.33. The van der Waals surface area contributed by atoms with Crippen LogP contribution in [-0.4, -0.2) is 9.37 Å². The molecule has 0 radical (unpaired) electrons. The molecule has 0 aliphatic carbocycles. The van der Waals surface area contributed by atoms with E-state index in [2.05, 4.69) is 5.16 Å². The van der Waals surface area contributed by atoms with E-state index >= 15 is 0 Å². The molecule has 2 aromatic carbocycles. The van der Waals surface area contributed by atoms with Crippen molar-refractivity contribution >= 4 is 22.4 Å². The van der Waals surface area contributed by atoms with Gasteiger partial charge in [-0.15, -0.1) is 0 Å². The summed E-state index contributed by atoms with van der Waals surface area (Å²) in [5, 5.41) is 4.21. The molecule has 6 heteroatoms. The highest BCUT2D eigenvalue weighted by Crippen LogP contribution is 2.23. The van der Waals surface area contributed by atoms with Gasteiger partial charge in [0.2, 0.25) is 0 Å². The number of hydrogen-bond donors (Lipinski definition) is 0. The quantitative estimate of drug-likeness (QED) is 0.677. The Bertz CT molecular complexity index is 815. The van der Waals surface area contributed by atoms with Crippen LogP contribution >= 0.6 is 11.6 Å². The number of hydrogen-bond acceptors (Lipinski definition) is 3. The predicted molar refractivity (Wildman–Crippen MR) is 88.9 cm³/mol. The Hall–Kier alpha value is -1.98. The van der Waals surface area contributed by atoms with Crippen molar-refractivity contribution in [1.29, 1.82) is 0 Å². The van der Waals surface area contributed by atoms with Gasteiger partial charge in [0.15, 0.2) is 5.76 Å². The Kier molecular flexibility index (Phi) is 4.88. The lowest BCUT2D eigenvalue weighted by atomic mass is 10.2. The molecular formula is C17H13ClFNO2S. The highest BCUT2D eigenvalue weighted by atomic mass is 35.5. The van der Waals surface area contributed by atoms with E-state index in [0.717, 1.165) is 5.56 Å². The molecule has 0 spiro atoms. The van der Waals surface area contributed by atoms with Crippen LogP contribution in [0, 0.1) is 5.82 Å². The summed E-state index contributed by atoms with van der Waals surface area (Å²) < 4.78 is 31.2. The fourth-order valence-electron chi connectivity index (χ4n) is 2.17. The molecule has 0 saturated heterocycles. The van der Waals surface area contributed by atoms with E-state index in [1.54, 1.807) is 12.1 Å². The summed E-state index contributed by atoms with van der Waals surface area (Å²) in [4.78, 5) is 0. The molecule has 0 fully saturated rings. The molecule has 1 heterocycles. The summed E-state index contributed by atoms with van der Waals surface area (Å²) >= 11 is 5.95. The lowest BCUT2D eigenvalue weighted by Crippen LogP contribution is -2.02. The number of aromatic nitrogens is 1. The topological polar surface area (TPSA) is 43.1 Å². The van der Waals surface area contributed by atoms with Crippen LogP contribution in [0.5, 0.6) is 0 Å². The molecule has 3 rings (SSSR count). The zero-order valence-electron chi connectivity index (χ0n) is 12.0. The van der Waals surface area contributed by atoms with E-state index in [1.165, 1.54) is 12.1 Å². The maximum absolute atomic E-state index is 13.7. The van der Waals surface area contributed by atoms with Gasteiger partial charge in [0, 0.05) is 33.0 Å². The van der Waals surface area contributed by atoms with E-state index in [0.29, 0.717) is 11.5 Å². The van der Waals surface area contributed by atoms with Crippen molar-refractivity contribution in [3.8, 4) is 11.3 Å². The van der Waals surface area contributed by atoms with Crippen molar-refractivity contribution in [2.45, 2.75) is 11.5 Å². The summed E-state index contributed by atoms with van der Waals surface area (Å²) in [6, 6.07) is 15.7. The second-order valence-corrected chi connectivity index (χ2v) is 6.84. The first-order chi connectivity index (χ1) is 11.1. The molecule has 1 aromatic heterocycles. The number of rotatable bonds is 5. The Morgan fingerprint density at radius 3 is 2.61 bits per heavy atom. The lowest BCUT2D eigenvalue weighted by molar-refractivity contribution is 0.426. The Morgan fingerprint density at radius 2 is 1.87 bits per heavy atom. The van der Waals surface area contributed by atoms with Crippen molar-refractivity contribution in [3.63, 3.8) is 0 Å². The molecule has 118 valence electrons. The van der Waals surface area contributed by atoms with Crippen molar-refractivity contribution in [2.24, 2.45) is 0 Å². The van der Waals surface area contributed by atoms with Crippen LogP contribution in [0.15, 0.2) is 59.1 Å². The third-order valence-electron chi connectivity index (χ3n) is 3.29. The molecule has 3 nitrogen and oxygen atoms in total. The molecular weight excluding hydrogens is 337 g/mol. The second kappa shape index (κ2) is 7.06. The zero-order valence-corrected chi connectivity index (χ0v) is 13.6. The molecule has 1 unspecified atom stereocenters. The largest absolute Gasteiger partial charge is 0.356 e. The molecule has 1 atom stereocenters. The van der Waals surface area contributed by atoms with E-state index in [1.807, 2.05) is 30.3 Å². The molecule has 23 heavy (non-hydrogen) atoms. The fourth-order valence-corrected chi connectivity index (χ4v) is 3.66. The SMILES string of the molecule is O=S(Cc1cc(-c2ccccc2)on1)Cc1c(F)cccc1Cl. The Balaban J connectivity index is 1.70. The normalized spacial score (nSPS) is 12.3. The van der Waals surface area contributed by atoms with Gasteiger partial charge in [-0.2, -0.15) is 0 Å². The highest BCUT2D eigenvalue weighted by Gasteiger charge is 2.14. The van der Waals surface area contributed by atoms with E-state index in [4.69, 9.17) is 16.1 Å². The summed E-state index contributed by atoms with van der Waals surface area (Å²) in [5.74, 6) is 0.387. The average molecular weight is 350 g/mol. The average Bonchev–Trinajstić information content (AvgIpc) is 3.00. The van der Waals surface area contributed by atoms with Crippen molar-refractivity contribution in [3.05, 3.63) is 76.7 Å². The monoisotopic (exact) mass is 349 g/mol. The first-order valence-corrected chi connectivity index (χ1v) is 8.79. The van der Waals surface area contributed by atoms with Crippen LogP contribution in [0.3, 0.4) is 0 Å². The molecule has 0 N–H and O–H groups in total. The minimum absolute atomic E-state index is 0.0407. The van der Waals surface area contributed by atoms with E-state index < -0.39 is 16.6 Å². The Morgan fingerprint density at radius 1 is 1.09 bits per heavy atom. The van der Waals surface area contributed by atoms with E-state index in [-0.39, 0.29) is 22.1 Å². The van der Waals surface area contributed by atoms with Gasteiger partial charge >= 0.3 is 0 Å². The third kappa shape index (κ3) is 3.86. The third-order valence-corrected chi connectivity index (χ3v) is 4.88. The molecule has 0 bridgehead atoms. The smallest absolute Gasteiger partial charge is 0.167 e. The summed E-state index contributed by atoms with van der Waals surface area (Å²) in [6.07, 6.45) is 0. The van der Waals surface area contributed by atoms with Crippen molar-refractivity contribution in [2.75, 3.05) is 0 Å². The second-order valence-electron chi connectivity index (χ2n) is 4.98. The van der Waals surface area contributed by atoms with Gasteiger partial charge < -0.3 is 4.52 Å². The molecule has 0 aliphatic heterocycles. The maximum Gasteiger partial charge on any atom is 0.167 e. The minimum Gasteiger partial charge on any atom is -0.356 e. The van der Waals surface area contributed by atoms with E-state index in [9.17, 15) is 8.60 Å². The predicted octanol–water partition coefficient (Wildman–Crippen LogP) is 4.58. The van der Waals surface area contributed by atoms with Crippen molar-refractivity contribution in [1.82, 2.24) is 5.16 Å². The van der Waals surface area contributed by atoms with Gasteiger partial charge in [-0.25, -0.2) is 4.39 Å². The van der Waals surface area contributed by atoms with Crippen LogP contribution in [0.25, 0.3) is 11.3 Å². The number of halogens is 2. The standard InChI is InChI=1S/C17H13ClFNO2S/c18-15-7-4-8-16(19)14(15)11-23(21)10-13-9-17(22-20-13)12-5-2-1-3-6-12/h1-9H,10-11H2. The van der Waals surface area contributed by atoms with Crippen LogP contribution in [-0.2, 0) is 22.3 Å². The maximum atomic E-state index is 13.7. The van der Waals surface area contributed by atoms with Gasteiger partial charge in [0.25, 0.3) is 0 Å². The molecule has 0 amide bonds.